The van der Waals surface area contributed by atoms with E-state index < -0.39 is 0 Å². The number of aromatic nitrogens is 2. The molecule has 1 heterocycles. The lowest BCUT2D eigenvalue weighted by Gasteiger charge is -2.04. The van der Waals surface area contributed by atoms with Crippen molar-refractivity contribution >= 4 is 38.4 Å². The SMILES string of the molecule is NCCc1nc(Cl)nc2cc(Br)ccc12. The molecule has 3 nitrogen and oxygen atoms in total. The Morgan fingerprint density at radius 1 is 1.33 bits per heavy atom. The fraction of sp³-hybridized carbons (Fsp3) is 0.200. The molecule has 2 N–H and O–H groups in total. The summed E-state index contributed by atoms with van der Waals surface area (Å²) in [7, 11) is 0. The van der Waals surface area contributed by atoms with Crippen molar-refractivity contribution < 1.29 is 0 Å². The first-order valence-electron chi connectivity index (χ1n) is 4.52. The van der Waals surface area contributed by atoms with Gasteiger partial charge in [-0.1, -0.05) is 15.9 Å². The molecule has 0 saturated carbocycles. The second-order valence-corrected chi connectivity index (χ2v) is 4.39. The second-order valence-electron chi connectivity index (χ2n) is 3.14. The standard InChI is InChI=1S/C10H9BrClN3/c11-6-1-2-7-8(3-4-13)14-10(12)15-9(7)5-6/h1-2,5H,3-4,13H2. The molecule has 1 aromatic carbocycles. The number of rotatable bonds is 2. The van der Waals surface area contributed by atoms with Crippen molar-refractivity contribution in [2.75, 3.05) is 6.54 Å². The number of hydrogen-bond donors (Lipinski definition) is 1. The van der Waals surface area contributed by atoms with Crippen LogP contribution in [0.5, 0.6) is 0 Å². The van der Waals surface area contributed by atoms with Gasteiger partial charge in [-0.25, -0.2) is 9.97 Å². The van der Waals surface area contributed by atoms with Crippen molar-refractivity contribution in [1.29, 1.82) is 0 Å². The van der Waals surface area contributed by atoms with Gasteiger partial charge >= 0.3 is 0 Å². The highest BCUT2D eigenvalue weighted by Crippen LogP contribution is 2.22. The van der Waals surface area contributed by atoms with Crippen LogP contribution >= 0.6 is 27.5 Å². The third-order valence-electron chi connectivity index (χ3n) is 2.09. The molecule has 0 amide bonds. The van der Waals surface area contributed by atoms with Gasteiger partial charge in [-0.3, -0.25) is 0 Å². The van der Waals surface area contributed by atoms with E-state index in [1.165, 1.54) is 0 Å². The summed E-state index contributed by atoms with van der Waals surface area (Å²) in [6.45, 7) is 0.554. The van der Waals surface area contributed by atoms with E-state index in [4.69, 9.17) is 17.3 Å². The molecule has 0 atom stereocenters. The molecule has 2 aromatic rings. The van der Waals surface area contributed by atoms with Gasteiger partial charge in [-0.15, -0.1) is 0 Å². The van der Waals surface area contributed by atoms with Gasteiger partial charge in [0.1, 0.15) is 0 Å². The average molecular weight is 287 g/mol. The molecule has 0 aliphatic rings. The van der Waals surface area contributed by atoms with Gasteiger partial charge in [-0.05, 0) is 36.3 Å². The van der Waals surface area contributed by atoms with Crippen molar-refractivity contribution in [3.8, 4) is 0 Å². The zero-order valence-electron chi connectivity index (χ0n) is 7.87. The molecule has 15 heavy (non-hydrogen) atoms. The van der Waals surface area contributed by atoms with E-state index in [-0.39, 0.29) is 5.28 Å². The van der Waals surface area contributed by atoms with E-state index in [2.05, 4.69) is 25.9 Å². The number of fused-ring (bicyclic) bond motifs is 1. The molecule has 0 spiro atoms. The first-order chi connectivity index (χ1) is 7.20. The van der Waals surface area contributed by atoms with E-state index in [0.717, 1.165) is 21.1 Å². The van der Waals surface area contributed by atoms with Gasteiger partial charge in [-0.2, -0.15) is 0 Å². The minimum atomic E-state index is 0.268. The van der Waals surface area contributed by atoms with Crippen molar-refractivity contribution in [3.63, 3.8) is 0 Å². The van der Waals surface area contributed by atoms with Crippen molar-refractivity contribution in [3.05, 3.63) is 33.6 Å². The molecule has 2 rings (SSSR count). The Hall–Kier alpha value is -0.710. The summed E-state index contributed by atoms with van der Waals surface area (Å²) >= 11 is 9.23. The van der Waals surface area contributed by atoms with Gasteiger partial charge in [0.05, 0.1) is 11.2 Å². The lowest BCUT2D eigenvalue weighted by molar-refractivity contribution is 0.926. The summed E-state index contributed by atoms with van der Waals surface area (Å²) in [6, 6.07) is 5.85. The summed E-state index contributed by atoms with van der Waals surface area (Å²) in [6.07, 6.45) is 0.709. The number of nitrogens with zero attached hydrogens (tertiary/aromatic N) is 2. The molecule has 5 heteroatoms. The molecule has 78 valence electrons. The maximum absolute atomic E-state index is 5.83. The smallest absolute Gasteiger partial charge is 0.223 e. The number of benzene rings is 1. The second kappa shape index (κ2) is 4.43. The Morgan fingerprint density at radius 2 is 2.13 bits per heavy atom. The van der Waals surface area contributed by atoms with Crippen LogP contribution in [0.4, 0.5) is 0 Å². The molecule has 0 fully saturated rings. The third kappa shape index (κ3) is 2.27. The van der Waals surface area contributed by atoms with Crippen LogP contribution in [0.3, 0.4) is 0 Å². The highest BCUT2D eigenvalue weighted by molar-refractivity contribution is 9.10. The first-order valence-corrected chi connectivity index (χ1v) is 5.69. The van der Waals surface area contributed by atoms with Crippen LogP contribution in [0.2, 0.25) is 5.28 Å². The first kappa shape index (κ1) is 10.8. The van der Waals surface area contributed by atoms with Gasteiger partial charge in [0, 0.05) is 16.3 Å². The van der Waals surface area contributed by atoms with Crippen molar-refractivity contribution in [2.24, 2.45) is 5.73 Å². The quantitative estimate of drug-likeness (QED) is 0.863. The molecular weight excluding hydrogens is 277 g/mol. The van der Waals surface area contributed by atoms with Crippen LogP contribution in [0.25, 0.3) is 10.9 Å². The fourth-order valence-corrected chi connectivity index (χ4v) is 2.01. The van der Waals surface area contributed by atoms with Crippen LogP contribution in [0.1, 0.15) is 5.69 Å². The van der Waals surface area contributed by atoms with Gasteiger partial charge in [0.25, 0.3) is 0 Å². The minimum absolute atomic E-state index is 0.268. The molecule has 0 bridgehead atoms. The topological polar surface area (TPSA) is 51.8 Å². The summed E-state index contributed by atoms with van der Waals surface area (Å²) in [5, 5.41) is 1.28. The van der Waals surface area contributed by atoms with Crippen LogP contribution in [0, 0.1) is 0 Å². The van der Waals surface area contributed by atoms with E-state index in [9.17, 15) is 0 Å². The highest BCUT2D eigenvalue weighted by atomic mass is 79.9. The van der Waals surface area contributed by atoms with Gasteiger partial charge < -0.3 is 5.73 Å². The maximum Gasteiger partial charge on any atom is 0.223 e. The lowest BCUT2D eigenvalue weighted by atomic mass is 10.1. The molecule has 0 unspecified atom stereocenters. The molecular formula is C10H9BrClN3. The highest BCUT2D eigenvalue weighted by Gasteiger charge is 2.06. The molecule has 0 saturated heterocycles. The zero-order chi connectivity index (χ0) is 10.8. The molecule has 0 aliphatic carbocycles. The van der Waals surface area contributed by atoms with E-state index in [1.807, 2.05) is 18.2 Å². The van der Waals surface area contributed by atoms with Gasteiger partial charge in [0.2, 0.25) is 5.28 Å². The van der Waals surface area contributed by atoms with Crippen LogP contribution < -0.4 is 5.73 Å². The Bertz CT molecular complexity index is 496. The summed E-state index contributed by atoms with van der Waals surface area (Å²) < 4.78 is 0.975. The average Bonchev–Trinajstić information content (AvgIpc) is 2.17. The molecule has 0 radical (unpaired) electrons. The maximum atomic E-state index is 5.83. The molecule has 0 aliphatic heterocycles. The fourth-order valence-electron chi connectivity index (χ4n) is 1.46. The Morgan fingerprint density at radius 3 is 2.87 bits per heavy atom. The molecule has 1 aromatic heterocycles. The predicted molar refractivity (Wildman–Crippen MR) is 65.0 cm³/mol. The van der Waals surface area contributed by atoms with E-state index in [1.54, 1.807) is 0 Å². The number of nitrogens with two attached hydrogens (primary N) is 1. The summed E-state index contributed by atoms with van der Waals surface area (Å²) in [5.41, 5.74) is 7.26. The summed E-state index contributed by atoms with van der Waals surface area (Å²) in [4.78, 5) is 8.34. The van der Waals surface area contributed by atoms with Crippen molar-refractivity contribution in [1.82, 2.24) is 9.97 Å². The Labute approximate surface area is 101 Å². The zero-order valence-corrected chi connectivity index (χ0v) is 10.2. The normalized spacial score (nSPS) is 10.9. The Balaban J connectivity index is 2.68. The van der Waals surface area contributed by atoms with Crippen LogP contribution in [0.15, 0.2) is 22.7 Å². The number of hydrogen-bond acceptors (Lipinski definition) is 3. The van der Waals surface area contributed by atoms with Crippen LogP contribution in [-0.4, -0.2) is 16.5 Å². The number of halogens is 2. The van der Waals surface area contributed by atoms with Gasteiger partial charge in [0.15, 0.2) is 0 Å². The Kier molecular flexibility index (Phi) is 3.19. The largest absolute Gasteiger partial charge is 0.330 e. The van der Waals surface area contributed by atoms with Crippen LogP contribution in [-0.2, 0) is 6.42 Å². The van der Waals surface area contributed by atoms with E-state index >= 15 is 0 Å². The van der Waals surface area contributed by atoms with E-state index in [0.29, 0.717) is 13.0 Å². The summed E-state index contributed by atoms with van der Waals surface area (Å²) in [5.74, 6) is 0. The van der Waals surface area contributed by atoms with Crippen molar-refractivity contribution in [2.45, 2.75) is 6.42 Å². The monoisotopic (exact) mass is 285 g/mol. The predicted octanol–water partition coefficient (Wildman–Crippen LogP) is 2.55. The minimum Gasteiger partial charge on any atom is -0.330 e. The lowest BCUT2D eigenvalue weighted by Crippen LogP contribution is -2.05. The third-order valence-corrected chi connectivity index (χ3v) is 2.75.